The maximum absolute atomic E-state index is 6.24. The molecule has 5 aromatic carbocycles. The number of hydrogen-bond donors (Lipinski definition) is 0. The number of furan rings is 1. The zero-order chi connectivity index (χ0) is 20.1. The van der Waals surface area contributed by atoms with Crippen molar-refractivity contribution in [1.29, 1.82) is 0 Å². The number of aryl methyl sites for hydroxylation is 1. The lowest BCUT2D eigenvalue weighted by atomic mass is 9.94. The van der Waals surface area contributed by atoms with Crippen LogP contribution in [0, 0.1) is 6.92 Å². The normalized spacial score (nSPS) is 11.5. The van der Waals surface area contributed by atoms with Crippen LogP contribution in [-0.2, 0) is 0 Å². The van der Waals surface area contributed by atoms with Crippen LogP contribution in [0.4, 0.5) is 0 Å². The molecule has 142 valence electrons. The molecule has 0 aliphatic carbocycles. The van der Waals surface area contributed by atoms with Crippen molar-refractivity contribution in [2.45, 2.75) is 6.92 Å². The van der Waals surface area contributed by atoms with E-state index in [2.05, 4.69) is 97.9 Å². The van der Waals surface area contributed by atoms with E-state index in [1.54, 1.807) is 0 Å². The van der Waals surface area contributed by atoms with Gasteiger partial charge in [-0.1, -0.05) is 96.6 Å². The Morgan fingerprint density at radius 1 is 0.500 bits per heavy atom. The van der Waals surface area contributed by atoms with Gasteiger partial charge in [0, 0.05) is 16.2 Å². The van der Waals surface area contributed by atoms with Gasteiger partial charge in [-0.2, -0.15) is 0 Å². The van der Waals surface area contributed by atoms with Gasteiger partial charge in [-0.3, -0.25) is 0 Å². The standard InChI is InChI=1S/C29H20O/c1-19-10-12-20(13-11-19)21-14-16-22(17-15-21)26-18-27-24-7-4-5-9-28(24)30-29(27)25-8-3-2-6-23(25)26/h2-18H,1H3. The molecule has 30 heavy (non-hydrogen) atoms. The molecule has 0 N–H and O–H groups in total. The smallest absolute Gasteiger partial charge is 0.143 e. The van der Waals surface area contributed by atoms with Crippen molar-refractivity contribution < 1.29 is 4.42 Å². The van der Waals surface area contributed by atoms with E-state index in [1.807, 2.05) is 12.1 Å². The average Bonchev–Trinajstić information content (AvgIpc) is 3.18. The van der Waals surface area contributed by atoms with Crippen molar-refractivity contribution in [3.63, 3.8) is 0 Å². The van der Waals surface area contributed by atoms with Crippen LogP contribution in [0.2, 0.25) is 0 Å². The summed E-state index contributed by atoms with van der Waals surface area (Å²) in [5.41, 5.74) is 8.11. The molecule has 0 aliphatic rings. The SMILES string of the molecule is Cc1ccc(-c2ccc(-c3cc4c5ccccc5oc4c4ccccc34)cc2)cc1. The maximum atomic E-state index is 6.24. The molecule has 0 spiro atoms. The zero-order valence-electron chi connectivity index (χ0n) is 16.7. The molecule has 1 heteroatoms. The fourth-order valence-corrected chi connectivity index (χ4v) is 4.37. The van der Waals surface area contributed by atoms with Crippen molar-refractivity contribution in [2.75, 3.05) is 0 Å². The van der Waals surface area contributed by atoms with Crippen LogP contribution in [-0.4, -0.2) is 0 Å². The van der Waals surface area contributed by atoms with Gasteiger partial charge in [0.15, 0.2) is 0 Å². The number of fused-ring (bicyclic) bond motifs is 5. The van der Waals surface area contributed by atoms with Crippen molar-refractivity contribution in [2.24, 2.45) is 0 Å². The second kappa shape index (κ2) is 6.60. The van der Waals surface area contributed by atoms with Crippen LogP contribution >= 0.6 is 0 Å². The minimum Gasteiger partial charge on any atom is -0.455 e. The van der Waals surface area contributed by atoms with E-state index in [4.69, 9.17) is 4.42 Å². The van der Waals surface area contributed by atoms with Crippen LogP contribution in [0.1, 0.15) is 5.56 Å². The van der Waals surface area contributed by atoms with Crippen LogP contribution < -0.4 is 0 Å². The van der Waals surface area contributed by atoms with Crippen LogP contribution in [0.25, 0.3) is 55.0 Å². The summed E-state index contributed by atoms with van der Waals surface area (Å²) in [5, 5.41) is 4.70. The maximum Gasteiger partial charge on any atom is 0.143 e. The van der Waals surface area contributed by atoms with Crippen LogP contribution in [0.5, 0.6) is 0 Å². The highest BCUT2D eigenvalue weighted by Gasteiger charge is 2.14. The lowest BCUT2D eigenvalue weighted by molar-refractivity contribution is 0.672. The molecule has 1 aromatic heterocycles. The monoisotopic (exact) mass is 384 g/mol. The molecule has 0 saturated carbocycles. The van der Waals surface area contributed by atoms with Gasteiger partial charge in [0.1, 0.15) is 11.2 Å². The molecule has 0 bridgehead atoms. The first kappa shape index (κ1) is 17.1. The summed E-state index contributed by atoms with van der Waals surface area (Å²) in [6.45, 7) is 2.12. The van der Waals surface area contributed by atoms with E-state index in [0.717, 1.165) is 21.9 Å². The van der Waals surface area contributed by atoms with Gasteiger partial charge >= 0.3 is 0 Å². The number of para-hydroxylation sites is 1. The highest BCUT2D eigenvalue weighted by atomic mass is 16.3. The topological polar surface area (TPSA) is 13.1 Å². The lowest BCUT2D eigenvalue weighted by Gasteiger charge is -2.10. The number of hydrogen-bond acceptors (Lipinski definition) is 1. The Labute approximate surface area is 175 Å². The molecule has 0 amide bonds. The van der Waals surface area contributed by atoms with Gasteiger partial charge in [-0.25, -0.2) is 0 Å². The molecule has 0 fully saturated rings. The van der Waals surface area contributed by atoms with Gasteiger partial charge in [0.25, 0.3) is 0 Å². The first-order valence-electron chi connectivity index (χ1n) is 10.3. The summed E-state index contributed by atoms with van der Waals surface area (Å²) in [4.78, 5) is 0. The van der Waals surface area contributed by atoms with E-state index in [9.17, 15) is 0 Å². The first-order valence-corrected chi connectivity index (χ1v) is 10.3. The molecule has 0 atom stereocenters. The Balaban J connectivity index is 1.57. The molecule has 1 heterocycles. The average molecular weight is 384 g/mol. The first-order chi connectivity index (χ1) is 14.8. The van der Waals surface area contributed by atoms with Crippen molar-refractivity contribution in [3.05, 3.63) is 109 Å². The van der Waals surface area contributed by atoms with Crippen molar-refractivity contribution in [1.82, 2.24) is 0 Å². The third kappa shape index (κ3) is 2.63. The van der Waals surface area contributed by atoms with E-state index in [1.165, 1.54) is 38.6 Å². The Morgan fingerprint density at radius 2 is 1.07 bits per heavy atom. The summed E-state index contributed by atoms with van der Waals surface area (Å²) in [6.07, 6.45) is 0. The Morgan fingerprint density at radius 3 is 1.80 bits per heavy atom. The molecular formula is C29H20O. The van der Waals surface area contributed by atoms with E-state index in [0.29, 0.717) is 0 Å². The Kier molecular flexibility index (Phi) is 3.75. The Bertz CT molecular complexity index is 1520. The van der Waals surface area contributed by atoms with Crippen LogP contribution in [0.15, 0.2) is 108 Å². The third-order valence-corrected chi connectivity index (χ3v) is 5.97. The summed E-state index contributed by atoms with van der Waals surface area (Å²) in [7, 11) is 0. The highest BCUT2D eigenvalue weighted by Crippen LogP contribution is 2.39. The second-order valence-electron chi connectivity index (χ2n) is 7.89. The van der Waals surface area contributed by atoms with Crippen molar-refractivity contribution in [3.8, 4) is 22.3 Å². The molecule has 0 saturated heterocycles. The minimum absolute atomic E-state index is 0.935. The second-order valence-corrected chi connectivity index (χ2v) is 7.89. The fourth-order valence-electron chi connectivity index (χ4n) is 4.37. The zero-order valence-corrected chi connectivity index (χ0v) is 16.7. The molecule has 0 aliphatic heterocycles. The molecule has 0 radical (unpaired) electrons. The molecule has 6 rings (SSSR count). The minimum atomic E-state index is 0.935. The highest BCUT2D eigenvalue weighted by molar-refractivity contribution is 6.19. The van der Waals surface area contributed by atoms with Gasteiger partial charge in [-0.05, 0) is 46.7 Å². The summed E-state index contributed by atoms with van der Waals surface area (Å²) in [6, 6.07) is 36.7. The van der Waals surface area contributed by atoms with E-state index < -0.39 is 0 Å². The van der Waals surface area contributed by atoms with Gasteiger partial charge in [0.05, 0.1) is 0 Å². The fraction of sp³-hybridized carbons (Fsp3) is 0.0345. The van der Waals surface area contributed by atoms with Gasteiger partial charge in [-0.15, -0.1) is 0 Å². The Hall–Kier alpha value is -3.84. The van der Waals surface area contributed by atoms with Crippen molar-refractivity contribution >= 4 is 32.7 Å². The van der Waals surface area contributed by atoms with Gasteiger partial charge < -0.3 is 4.42 Å². The van der Waals surface area contributed by atoms with Gasteiger partial charge in [0.2, 0.25) is 0 Å². The predicted molar refractivity (Wildman–Crippen MR) is 127 cm³/mol. The summed E-state index contributed by atoms with van der Waals surface area (Å²) in [5.74, 6) is 0. The predicted octanol–water partition coefficient (Wildman–Crippen LogP) is 8.38. The summed E-state index contributed by atoms with van der Waals surface area (Å²) < 4.78 is 6.24. The largest absolute Gasteiger partial charge is 0.455 e. The number of rotatable bonds is 2. The third-order valence-electron chi connectivity index (χ3n) is 5.97. The van der Waals surface area contributed by atoms with Crippen LogP contribution in [0.3, 0.4) is 0 Å². The molecular weight excluding hydrogens is 364 g/mol. The molecule has 0 unspecified atom stereocenters. The molecule has 1 nitrogen and oxygen atoms in total. The molecule has 6 aromatic rings. The summed E-state index contributed by atoms with van der Waals surface area (Å²) >= 11 is 0. The lowest BCUT2D eigenvalue weighted by Crippen LogP contribution is -1.84. The van der Waals surface area contributed by atoms with E-state index in [-0.39, 0.29) is 0 Å². The van der Waals surface area contributed by atoms with E-state index >= 15 is 0 Å². The quantitative estimate of drug-likeness (QED) is 0.292. The number of benzene rings is 5.